The second-order valence-corrected chi connectivity index (χ2v) is 15.5. The van der Waals surface area contributed by atoms with Crippen LogP contribution >= 0.6 is 0 Å². The molecule has 9 heteroatoms. The van der Waals surface area contributed by atoms with Crippen LogP contribution < -0.4 is 30.2 Å². The first-order chi connectivity index (χ1) is 20.5. The van der Waals surface area contributed by atoms with Gasteiger partial charge < -0.3 is 30.2 Å². The molecule has 0 aliphatic rings. The molecule has 0 aliphatic heterocycles. The molecule has 2 rings (SSSR count). The Morgan fingerprint density at radius 3 is 0.851 bits per heavy atom. The molecule has 0 saturated heterocycles. The summed E-state index contributed by atoms with van der Waals surface area (Å²) in [7, 11) is 7.78. The van der Waals surface area contributed by atoms with E-state index in [1.807, 2.05) is 145 Å². The summed E-state index contributed by atoms with van der Waals surface area (Å²) in [5.41, 5.74) is 0.281. The normalized spacial score (nSPS) is 12.0. The number of ketones is 2. The van der Waals surface area contributed by atoms with Crippen molar-refractivity contribution in [3.05, 3.63) is 72.2 Å². The predicted molar refractivity (Wildman–Crippen MR) is 184 cm³/mol. The van der Waals surface area contributed by atoms with Crippen molar-refractivity contribution in [3.8, 4) is 11.5 Å². The van der Waals surface area contributed by atoms with Gasteiger partial charge in [0.2, 0.25) is 0 Å². The van der Waals surface area contributed by atoms with Crippen LogP contribution in [0.5, 0.6) is 11.5 Å². The Kier molecular flexibility index (Phi) is 20.7. The molecule has 0 spiro atoms. The Hall–Kier alpha value is -3.23. The van der Waals surface area contributed by atoms with E-state index in [9.17, 15) is 30.0 Å². The zero-order chi connectivity index (χ0) is 36.8. The van der Waals surface area contributed by atoms with E-state index in [1.165, 1.54) is 12.2 Å². The van der Waals surface area contributed by atoms with Crippen molar-refractivity contribution in [3.63, 3.8) is 0 Å². The fraction of sp³-hybridized carbons (Fsp3) is 0.526. The number of anilines is 2. The van der Waals surface area contributed by atoms with Crippen LogP contribution in [0.1, 0.15) is 83.1 Å². The molecule has 0 atom stereocenters. The van der Waals surface area contributed by atoms with Gasteiger partial charge in [-0.15, -0.1) is 23.0 Å². The molecule has 8 nitrogen and oxygen atoms in total. The number of hydrogen-bond donors (Lipinski definition) is 0. The summed E-state index contributed by atoms with van der Waals surface area (Å²) in [5.74, 6) is -0.295. The molecule has 47 heavy (non-hydrogen) atoms. The molecule has 0 unspecified atom stereocenters. The first-order valence-electron chi connectivity index (χ1n) is 15.3. The molecular weight excluding hydrogens is 628 g/mol. The number of carbonyl (C=O) groups is 2. The molecule has 0 aliphatic carbocycles. The summed E-state index contributed by atoms with van der Waals surface area (Å²) in [6.07, 6.45) is 2.44. The zero-order valence-electron chi connectivity index (χ0n) is 31.6. The maximum Gasteiger partial charge on any atom is 4.00 e. The second-order valence-electron chi connectivity index (χ2n) is 15.5. The SMILES string of the molecule is CC(C)(C)C(=O)/C=C(\[O-])C(C)(C)C.CC(C)(C)C(=O)/C=C(\[O-])C(C)(C)C.CN(C)c1ccc([O-])cc1.CN(C)c1ccc([O-])cc1.[Ti+4]. The van der Waals surface area contributed by atoms with Gasteiger partial charge in [-0.2, -0.15) is 0 Å². The van der Waals surface area contributed by atoms with Gasteiger partial charge in [-0.05, 0) is 47.2 Å². The largest absolute Gasteiger partial charge is 4.00 e. The van der Waals surface area contributed by atoms with Crippen LogP contribution in [0.25, 0.3) is 0 Å². The third-order valence-corrected chi connectivity index (χ3v) is 6.19. The molecule has 0 heterocycles. The summed E-state index contributed by atoms with van der Waals surface area (Å²) in [6, 6.07) is 13.5. The monoisotopic (exact) mass is 686 g/mol. The summed E-state index contributed by atoms with van der Waals surface area (Å²) in [4.78, 5) is 26.8. The van der Waals surface area contributed by atoms with Gasteiger partial charge in [0.1, 0.15) is 0 Å². The minimum atomic E-state index is -0.457. The molecule has 260 valence electrons. The minimum absolute atomic E-state index is 0. The molecule has 0 bridgehead atoms. The van der Waals surface area contributed by atoms with Crippen LogP contribution in [0.3, 0.4) is 0 Å². The standard InChI is InChI=1S/2C11H20O2.2C8H11NO.Ti/c2*1-10(2,3)8(12)7-9(13)11(4,5)6;2*1-9(2)7-3-5-8(10)6-4-7;/h2*7,12H,1-6H3;2*3-6,10H,1-2H3;/q;;;;+4/p-4/b2*8-7-;;;. The number of allylic oxidation sites excluding steroid dienone is 4. The van der Waals surface area contributed by atoms with Gasteiger partial charge in [0, 0.05) is 50.4 Å². The summed E-state index contributed by atoms with van der Waals surface area (Å²) in [5, 5.41) is 44.1. The van der Waals surface area contributed by atoms with E-state index in [0.29, 0.717) is 0 Å². The average Bonchev–Trinajstić information content (AvgIpc) is 2.88. The Morgan fingerprint density at radius 2 is 0.702 bits per heavy atom. The molecule has 0 amide bonds. The molecule has 2 aromatic rings. The second kappa shape index (κ2) is 20.2. The summed E-state index contributed by atoms with van der Waals surface area (Å²) in [6.45, 7) is 21.7. The van der Waals surface area contributed by atoms with Crippen molar-refractivity contribution in [1.29, 1.82) is 0 Å². The van der Waals surface area contributed by atoms with Crippen molar-refractivity contribution in [1.82, 2.24) is 0 Å². The Bertz CT molecular complexity index is 1170. The minimum Gasteiger partial charge on any atom is -0.875 e. The van der Waals surface area contributed by atoms with Crippen LogP contribution in [0.15, 0.2) is 72.2 Å². The first-order valence-corrected chi connectivity index (χ1v) is 15.3. The van der Waals surface area contributed by atoms with E-state index in [1.54, 1.807) is 24.3 Å². The van der Waals surface area contributed by atoms with Gasteiger partial charge in [-0.1, -0.05) is 107 Å². The van der Waals surface area contributed by atoms with Crippen LogP contribution in [0.2, 0.25) is 0 Å². The van der Waals surface area contributed by atoms with E-state index >= 15 is 0 Å². The number of hydrogen-bond acceptors (Lipinski definition) is 8. The van der Waals surface area contributed by atoms with Crippen molar-refractivity contribution in [2.75, 3.05) is 38.0 Å². The van der Waals surface area contributed by atoms with Crippen molar-refractivity contribution in [2.24, 2.45) is 21.7 Å². The Labute approximate surface area is 300 Å². The fourth-order valence-corrected chi connectivity index (χ4v) is 2.59. The maximum atomic E-state index is 11.4. The van der Waals surface area contributed by atoms with Gasteiger partial charge in [-0.25, -0.2) is 0 Å². The van der Waals surface area contributed by atoms with E-state index in [2.05, 4.69) is 0 Å². The van der Waals surface area contributed by atoms with Crippen molar-refractivity contribution in [2.45, 2.75) is 83.1 Å². The smallest absolute Gasteiger partial charge is 0.875 e. The average molecular weight is 687 g/mol. The zero-order valence-corrected chi connectivity index (χ0v) is 33.2. The van der Waals surface area contributed by atoms with Gasteiger partial charge in [0.25, 0.3) is 0 Å². The molecule has 2 aromatic carbocycles. The van der Waals surface area contributed by atoms with E-state index in [0.717, 1.165) is 11.4 Å². The number of nitrogens with zero attached hydrogens (tertiary/aromatic N) is 2. The molecule has 0 N–H and O–H groups in total. The Morgan fingerprint density at radius 1 is 0.489 bits per heavy atom. The summed E-state index contributed by atoms with van der Waals surface area (Å²) >= 11 is 0. The van der Waals surface area contributed by atoms with Gasteiger partial charge in [0.15, 0.2) is 11.6 Å². The van der Waals surface area contributed by atoms with Crippen LogP contribution in [-0.4, -0.2) is 39.8 Å². The van der Waals surface area contributed by atoms with Crippen molar-refractivity contribution >= 4 is 22.9 Å². The van der Waals surface area contributed by atoms with Crippen LogP contribution in [-0.2, 0) is 31.3 Å². The molecule has 0 radical (unpaired) electrons. The number of benzene rings is 2. The van der Waals surface area contributed by atoms with Crippen LogP contribution in [0.4, 0.5) is 11.4 Å². The number of carbonyl (C=O) groups excluding carboxylic acids is 2. The van der Waals surface area contributed by atoms with Gasteiger partial charge in [-0.3, -0.25) is 9.59 Å². The van der Waals surface area contributed by atoms with Crippen LogP contribution in [0, 0.1) is 21.7 Å². The molecule has 0 fully saturated rings. The number of rotatable bonds is 4. The topological polar surface area (TPSA) is 133 Å². The van der Waals surface area contributed by atoms with Gasteiger partial charge in [0.05, 0.1) is 0 Å². The van der Waals surface area contributed by atoms with E-state index < -0.39 is 21.7 Å². The Balaban J connectivity index is -0.000000548. The molecular formula is C38H58N2O6Ti. The first kappa shape index (κ1) is 48.2. The third-order valence-electron chi connectivity index (χ3n) is 6.19. The maximum absolute atomic E-state index is 11.4. The molecule has 0 saturated carbocycles. The summed E-state index contributed by atoms with van der Waals surface area (Å²) < 4.78 is 0. The van der Waals surface area contributed by atoms with Crippen molar-refractivity contribution < 1.29 is 51.7 Å². The van der Waals surface area contributed by atoms with E-state index in [4.69, 9.17) is 0 Å². The van der Waals surface area contributed by atoms with Gasteiger partial charge >= 0.3 is 21.7 Å². The predicted octanol–water partition coefficient (Wildman–Crippen LogP) is 5.43. The fourth-order valence-electron chi connectivity index (χ4n) is 2.59. The molecule has 0 aromatic heterocycles. The third kappa shape index (κ3) is 22.1. The van der Waals surface area contributed by atoms with E-state index in [-0.39, 0.29) is 56.3 Å². The quantitative estimate of drug-likeness (QED) is 0.236.